The van der Waals surface area contributed by atoms with Crippen LogP contribution in [0.4, 0.5) is 4.39 Å². The molecule has 0 fully saturated rings. The normalized spacial score (nSPS) is 11.5. The molecule has 0 spiro atoms. The van der Waals surface area contributed by atoms with Gasteiger partial charge in [0.15, 0.2) is 5.58 Å². The fourth-order valence-corrected chi connectivity index (χ4v) is 2.42. The molecule has 1 N–H and O–H groups in total. The SMILES string of the molecule is Fc1ccccc1-c1[nH]ncc1/C=C/c1nc2ccccc2o1. The van der Waals surface area contributed by atoms with Crippen molar-refractivity contribution in [2.24, 2.45) is 0 Å². The van der Waals surface area contributed by atoms with E-state index in [1.165, 1.54) is 6.07 Å². The van der Waals surface area contributed by atoms with Crippen LogP contribution in [-0.4, -0.2) is 15.2 Å². The number of halogens is 1. The monoisotopic (exact) mass is 305 g/mol. The lowest BCUT2D eigenvalue weighted by atomic mass is 10.1. The van der Waals surface area contributed by atoms with E-state index in [0.717, 1.165) is 16.7 Å². The molecule has 0 saturated carbocycles. The molecule has 0 aliphatic heterocycles. The highest BCUT2D eigenvalue weighted by Gasteiger charge is 2.10. The van der Waals surface area contributed by atoms with Crippen molar-refractivity contribution in [2.45, 2.75) is 0 Å². The van der Waals surface area contributed by atoms with E-state index in [4.69, 9.17) is 4.42 Å². The summed E-state index contributed by atoms with van der Waals surface area (Å²) < 4.78 is 19.6. The molecule has 23 heavy (non-hydrogen) atoms. The zero-order valence-electron chi connectivity index (χ0n) is 12.0. The average Bonchev–Trinajstić information content (AvgIpc) is 3.19. The molecule has 4 rings (SSSR count). The molecule has 0 aliphatic carbocycles. The van der Waals surface area contributed by atoms with Crippen LogP contribution >= 0.6 is 0 Å². The molecule has 4 nitrogen and oxygen atoms in total. The van der Waals surface area contributed by atoms with E-state index in [-0.39, 0.29) is 5.82 Å². The Morgan fingerprint density at radius 2 is 1.83 bits per heavy atom. The van der Waals surface area contributed by atoms with Gasteiger partial charge >= 0.3 is 0 Å². The fraction of sp³-hybridized carbons (Fsp3) is 0. The second-order valence-corrected chi connectivity index (χ2v) is 5.03. The summed E-state index contributed by atoms with van der Waals surface area (Å²) in [7, 11) is 0. The minimum atomic E-state index is -0.298. The molecule has 0 saturated heterocycles. The molecule has 2 aromatic carbocycles. The van der Waals surface area contributed by atoms with Gasteiger partial charge in [-0.05, 0) is 30.3 Å². The summed E-state index contributed by atoms with van der Waals surface area (Å²) in [5.41, 5.74) is 3.39. The minimum Gasteiger partial charge on any atom is -0.437 e. The van der Waals surface area contributed by atoms with Crippen LogP contribution in [0.15, 0.2) is 59.1 Å². The molecular weight excluding hydrogens is 293 g/mol. The van der Waals surface area contributed by atoms with E-state index in [0.29, 0.717) is 17.1 Å². The molecule has 0 unspecified atom stereocenters. The molecule has 0 bridgehead atoms. The first-order valence-electron chi connectivity index (χ1n) is 7.13. The molecule has 0 radical (unpaired) electrons. The van der Waals surface area contributed by atoms with Crippen LogP contribution < -0.4 is 0 Å². The third kappa shape index (κ3) is 2.53. The summed E-state index contributed by atoms with van der Waals surface area (Å²) in [5.74, 6) is 0.195. The van der Waals surface area contributed by atoms with Crippen molar-refractivity contribution in [2.75, 3.05) is 0 Å². The van der Waals surface area contributed by atoms with Gasteiger partial charge in [-0.15, -0.1) is 0 Å². The van der Waals surface area contributed by atoms with Gasteiger partial charge in [0.1, 0.15) is 11.3 Å². The van der Waals surface area contributed by atoms with Gasteiger partial charge in [0.25, 0.3) is 0 Å². The van der Waals surface area contributed by atoms with Crippen molar-refractivity contribution < 1.29 is 8.81 Å². The Balaban J connectivity index is 1.70. The molecule has 4 aromatic rings. The number of aromatic amines is 1. The fourth-order valence-electron chi connectivity index (χ4n) is 2.42. The van der Waals surface area contributed by atoms with Gasteiger partial charge in [0, 0.05) is 17.2 Å². The zero-order valence-corrected chi connectivity index (χ0v) is 12.0. The highest BCUT2D eigenvalue weighted by molar-refractivity contribution is 5.79. The second kappa shape index (κ2) is 5.53. The summed E-state index contributed by atoms with van der Waals surface area (Å²) in [4.78, 5) is 4.37. The number of benzene rings is 2. The number of hydrogen-bond acceptors (Lipinski definition) is 3. The Morgan fingerprint density at radius 1 is 1.00 bits per heavy atom. The Labute approximate surface area is 131 Å². The van der Waals surface area contributed by atoms with E-state index in [9.17, 15) is 4.39 Å². The van der Waals surface area contributed by atoms with Crippen molar-refractivity contribution in [3.63, 3.8) is 0 Å². The van der Waals surface area contributed by atoms with Crippen molar-refractivity contribution >= 4 is 23.3 Å². The van der Waals surface area contributed by atoms with Gasteiger partial charge in [-0.1, -0.05) is 24.3 Å². The summed E-state index contributed by atoms with van der Waals surface area (Å²) >= 11 is 0. The van der Waals surface area contributed by atoms with Gasteiger partial charge in [0.05, 0.1) is 11.9 Å². The molecule has 0 aliphatic rings. The number of nitrogens with one attached hydrogen (secondary N) is 1. The number of oxazole rings is 1. The number of rotatable bonds is 3. The summed E-state index contributed by atoms with van der Waals surface area (Å²) in [6.45, 7) is 0. The maximum absolute atomic E-state index is 13.9. The zero-order chi connectivity index (χ0) is 15.6. The van der Waals surface area contributed by atoms with E-state index in [1.54, 1.807) is 36.5 Å². The number of para-hydroxylation sites is 2. The number of hydrogen-bond donors (Lipinski definition) is 1. The molecule has 5 heteroatoms. The van der Waals surface area contributed by atoms with Crippen LogP contribution in [0.2, 0.25) is 0 Å². The number of nitrogens with zero attached hydrogens (tertiary/aromatic N) is 2. The van der Waals surface area contributed by atoms with E-state index < -0.39 is 0 Å². The second-order valence-electron chi connectivity index (χ2n) is 5.03. The van der Waals surface area contributed by atoms with Crippen LogP contribution in [0.5, 0.6) is 0 Å². The molecule has 2 heterocycles. The van der Waals surface area contributed by atoms with Crippen molar-refractivity contribution in [1.82, 2.24) is 15.2 Å². The first kappa shape index (κ1) is 13.5. The van der Waals surface area contributed by atoms with Crippen LogP contribution in [0, 0.1) is 5.82 Å². The lowest BCUT2D eigenvalue weighted by Gasteiger charge is -2.01. The lowest BCUT2D eigenvalue weighted by molar-refractivity contribution is 0.590. The van der Waals surface area contributed by atoms with E-state index >= 15 is 0 Å². The Hall–Kier alpha value is -3.21. The van der Waals surface area contributed by atoms with Gasteiger partial charge in [-0.3, -0.25) is 5.10 Å². The highest BCUT2D eigenvalue weighted by atomic mass is 19.1. The maximum Gasteiger partial charge on any atom is 0.220 e. The Kier molecular flexibility index (Phi) is 3.24. The summed E-state index contributed by atoms with van der Waals surface area (Å²) in [6.07, 6.45) is 5.19. The van der Waals surface area contributed by atoms with Crippen LogP contribution in [0.1, 0.15) is 11.5 Å². The predicted molar refractivity (Wildman–Crippen MR) is 86.9 cm³/mol. The average molecular weight is 305 g/mol. The summed E-state index contributed by atoms with van der Waals surface area (Å²) in [5, 5.41) is 6.83. The predicted octanol–water partition coefficient (Wildman–Crippen LogP) is 4.53. The maximum atomic E-state index is 13.9. The Morgan fingerprint density at radius 3 is 2.70 bits per heavy atom. The molecule has 112 valence electrons. The van der Waals surface area contributed by atoms with Gasteiger partial charge < -0.3 is 4.42 Å². The van der Waals surface area contributed by atoms with Crippen LogP contribution in [0.25, 0.3) is 34.5 Å². The van der Waals surface area contributed by atoms with Gasteiger partial charge in [-0.2, -0.15) is 5.10 Å². The Bertz CT molecular complexity index is 967. The van der Waals surface area contributed by atoms with E-state index in [1.807, 2.05) is 24.3 Å². The number of H-pyrrole nitrogens is 1. The molecule has 2 aromatic heterocycles. The first-order chi connectivity index (χ1) is 11.3. The molecule has 0 atom stereocenters. The largest absolute Gasteiger partial charge is 0.437 e. The van der Waals surface area contributed by atoms with Crippen LogP contribution in [-0.2, 0) is 0 Å². The summed E-state index contributed by atoms with van der Waals surface area (Å²) in [6, 6.07) is 14.1. The minimum absolute atomic E-state index is 0.298. The van der Waals surface area contributed by atoms with Crippen molar-refractivity contribution in [1.29, 1.82) is 0 Å². The van der Waals surface area contributed by atoms with Crippen molar-refractivity contribution in [3.05, 3.63) is 72.0 Å². The third-order valence-electron chi connectivity index (χ3n) is 3.53. The van der Waals surface area contributed by atoms with E-state index in [2.05, 4.69) is 15.2 Å². The molecular formula is C18H12FN3O. The first-order valence-corrected chi connectivity index (χ1v) is 7.13. The third-order valence-corrected chi connectivity index (χ3v) is 3.53. The van der Waals surface area contributed by atoms with Gasteiger partial charge in [0.2, 0.25) is 5.89 Å². The van der Waals surface area contributed by atoms with Crippen LogP contribution in [0.3, 0.4) is 0 Å². The quantitative estimate of drug-likeness (QED) is 0.605. The number of fused-ring (bicyclic) bond motifs is 1. The highest BCUT2D eigenvalue weighted by Crippen LogP contribution is 2.25. The number of aromatic nitrogens is 3. The van der Waals surface area contributed by atoms with Crippen molar-refractivity contribution in [3.8, 4) is 11.3 Å². The standard InChI is InChI=1S/C18H12FN3O/c19-14-6-2-1-5-13(14)18-12(11-20-22-18)9-10-17-21-15-7-3-4-8-16(15)23-17/h1-11H,(H,20,22)/b10-9+. The topological polar surface area (TPSA) is 54.7 Å². The lowest BCUT2D eigenvalue weighted by Crippen LogP contribution is -1.86. The van der Waals surface area contributed by atoms with Gasteiger partial charge in [-0.25, -0.2) is 9.37 Å². The smallest absolute Gasteiger partial charge is 0.220 e. The molecule has 0 amide bonds.